The van der Waals surface area contributed by atoms with Crippen LogP contribution in [0.2, 0.25) is 0 Å². The zero-order valence-corrected chi connectivity index (χ0v) is 16.4. The van der Waals surface area contributed by atoms with Crippen molar-refractivity contribution in [2.75, 3.05) is 10.8 Å². The van der Waals surface area contributed by atoms with Gasteiger partial charge in [0.15, 0.2) is 6.10 Å². The Balaban J connectivity index is 1.95. The summed E-state index contributed by atoms with van der Waals surface area (Å²) in [6.07, 6.45) is -0.917. The van der Waals surface area contributed by atoms with Crippen LogP contribution in [-0.4, -0.2) is 33.0 Å². The fraction of sp³-hybridized carbons (Fsp3) is 0.350. The van der Waals surface area contributed by atoms with E-state index in [9.17, 15) is 13.2 Å². The van der Waals surface area contributed by atoms with Crippen LogP contribution in [0.5, 0.6) is 5.75 Å². The van der Waals surface area contributed by atoms with Crippen molar-refractivity contribution in [3.63, 3.8) is 0 Å². The third-order valence-electron chi connectivity index (χ3n) is 4.73. The second-order valence-corrected chi connectivity index (χ2v) is 8.83. The Morgan fingerprint density at radius 3 is 2.37 bits per heavy atom. The molecule has 3 rings (SSSR count). The third kappa shape index (κ3) is 3.93. The van der Waals surface area contributed by atoms with Gasteiger partial charge in [0.1, 0.15) is 5.75 Å². The number of carbonyl (C=O) groups is 1. The van der Waals surface area contributed by atoms with E-state index in [0.29, 0.717) is 11.4 Å². The van der Waals surface area contributed by atoms with Crippen molar-refractivity contribution in [2.45, 2.75) is 37.8 Å². The van der Waals surface area contributed by atoms with Crippen LogP contribution in [0.25, 0.3) is 0 Å². The molecule has 0 radical (unpaired) electrons. The van der Waals surface area contributed by atoms with Gasteiger partial charge in [0.2, 0.25) is 0 Å². The molecule has 2 aromatic rings. The molecule has 1 amide bonds. The molecule has 27 heavy (non-hydrogen) atoms. The Labute approximate surface area is 160 Å². The van der Waals surface area contributed by atoms with Crippen molar-refractivity contribution < 1.29 is 17.9 Å². The molecule has 1 aliphatic rings. The average Bonchev–Trinajstić information content (AvgIpc) is 2.67. The highest BCUT2D eigenvalue weighted by Gasteiger charge is 2.37. The van der Waals surface area contributed by atoms with Crippen molar-refractivity contribution in [3.8, 4) is 5.75 Å². The van der Waals surface area contributed by atoms with Crippen molar-refractivity contribution in [1.29, 1.82) is 0 Å². The normalized spacial score (nSPS) is 17.8. The zero-order chi connectivity index (χ0) is 19.6. The first-order valence-electron chi connectivity index (χ1n) is 8.94. The summed E-state index contributed by atoms with van der Waals surface area (Å²) in [6, 6.07) is 15.0. The van der Waals surface area contributed by atoms with E-state index in [2.05, 4.69) is 5.32 Å². The number of rotatable bonds is 5. The first-order chi connectivity index (χ1) is 12.8. The molecule has 0 bridgehead atoms. The van der Waals surface area contributed by atoms with E-state index < -0.39 is 16.1 Å². The van der Waals surface area contributed by atoms with E-state index in [1.165, 1.54) is 4.31 Å². The fourth-order valence-corrected chi connectivity index (χ4v) is 4.27. The van der Waals surface area contributed by atoms with Gasteiger partial charge in [-0.05, 0) is 37.1 Å². The second kappa shape index (κ2) is 7.60. The molecule has 0 fully saturated rings. The van der Waals surface area contributed by atoms with Gasteiger partial charge in [-0.15, -0.1) is 0 Å². The summed E-state index contributed by atoms with van der Waals surface area (Å²) in [5, 5.41) is 2.91. The number of carbonyl (C=O) groups excluding carboxylic acids is 1. The number of nitrogens with zero attached hydrogens (tertiary/aromatic N) is 1. The number of hydrogen-bond acceptors (Lipinski definition) is 4. The van der Waals surface area contributed by atoms with Crippen LogP contribution in [0, 0.1) is 5.92 Å². The number of ether oxygens (including phenoxy) is 1. The van der Waals surface area contributed by atoms with Crippen LogP contribution in [0.3, 0.4) is 0 Å². The standard InChI is InChI=1S/C20H24N2O4S/c1-14(2)15(3)21-20(23)19-13-22(17-11-7-8-12-18(17)26-19)27(24,25)16-9-5-4-6-10-16/h4-12,14-15,19H,13H2,1-3H3,(H,21,23). The van der Waals surface area contributed by atoms with E-state index in [1.807, 2.05) is 20.8 Å². The van der Waals surface area contributed by atoms with E-state index in [1.54, 1.807) is 54.6 Å². The highest BCUT2D eigenvalue weighted by molar-refractivity contribution is 7.92. The lowest BCUT2D eigenvalue weighted by Gasteiger charge is -2.35. The van der Waals surface area contributed by atoms with Gasteiger partial charge < -0.3 is 10.1 Å². The maximum atomic E-state index is 13.2. The van der Waals surface area contributed by atoms with Crippen molar-refractivity contribution in [2.24, 2.45) is 5.92 Å². The molecule has 0 saturated heterocycles. The SMILES string of the molecule is CC(C)C(C)NC(=O)C1CN(S(=O)(=O)c2ccccc2)c2ccccc2O1. The molecule has 0 spiro atoms. The van der Waals surface area contributed by atoms with E-state index in [0.717, 1.165) is 0 Å². The first kappa shape index (κ1) is 19.2. The Morgan fingerprint density at radius 2 is 1.70 bits per heavy atom. The number of benzene rings is 2. The van der Waals surface area contributed by atoms with Gasteiger partial charge in [0.05, 0.1) is 17.1 Å². The van der Waals surface area contributed by atoms with Gasteiger partial charge in [-0.25, -0.2) is 8.42 Å². The topological polar surface area (TPSA) is 75.7 Å². The minimum Gasteiger partial charge on any atom is -0.476 e. The molecular weight excluding hydrogens is 364 g/mol. The van der Waals surface area contributed by atoms with Crippen LogP contribution >= 0.6 is 0 Å². The predicted octanol–water partition coefficient (Wildman–Crippen LogP) is 2.80. The summed E-state index contributed by atoms with van der Waals surface area (Å²) in [6.45, 7) is 5.85. The summed E-state index contributed by atoms with van der Waals surface area (Å²) in [4.78, 5) is 12.9. The molecule has 2 unspecified atom stereocenters. The van der Waals surface area contributed by atoms with E-state index in [-0.39, 0.29) is 29.3 Å². The Kier molecular flexibility index (Phi) is 5.41. The number of fused-ring (bicyclic) bond motifs is 1. The monoisotopic (exact) mass is 388 g/mol. The molecule has 1 heterocycles. The van der Waals surface area contributed by atoms with Crippen LogP contribution in [-0.2, 0) is 14.8 Å². The molecule has 144 valence electrons. The summed E-state index contributed by atoms with van der Waals surface area (Å²) in [7, 11) is -3.81. The fourth-order valence-electron chi connectivity index (χ4n) is 2.77. The summed E-state index contributed by atoms with van der Waals surface area (Å²) >= 11 is 0. The lowest BCUT2D eigenvalue weighted by Crippen LogP contribution is -2.52. The number of amides is 1. The number of sulfonamides is 1. The predicted molar refractivity (Wildman–Crippen MR) is 104 cm³/mol. The molecule has 0 aliphatic carbocycles. The van der Waals surface area contributed by atoms with Crippen molar-refractivity contribution in [1.82, 2.24) is 5.32 Å². The smallest absolute Gasteiger partial charge is 0.264 e. The molecule has 2 atom stereocenters. The molecule has 0 saturated carbocycles. The van der Waals surface area contributed by atoms with Gasteiger partial charge in [0.25, 0.3) is 15.9 Å². The Bertz CT molecular complexity index is 913. The van der Waals surface area contributed by atoms with Gasteiger partial charge in [-0.1, -0.05) is 44.2 Å². The summed E-state index contributed by atoms with van der Waals surface area (Å²) in [5.41, 5.74) is 0.433. The maximum Gasteiger partial charge on any atom is 0.264 e. The number of hydrogen-bond donors (Lipinski definition) is 1. The summed E-state index contributed by atoms with van der Waals surface area (Å²) < 4.78 is 33.4. The molecule has 6 nitrogen and oxygen atoms in total. The minimum atomic E-state index is -3.81. The second-order valence-electron chi connectivity index (χ2n) is 6.96. The van der Waals surface area contributed by atoms with Crippen molar-refractivity contribution >= 4 is 21.6 Å². The molecule has 1 N–H and O–H groups in total. The third-order valence-corrected chi connectivity index (χ3v) is 6.52. The lowest BCUT2D eigenvalue weighted by atomic mass is 10.1. The highest BCUT2D eigenvalue weighted by atomic mass is 32.2. The summed E-state index contributed by atoms with van der Waals surface area (Å²) in [5.74, 6) is 0.313. The Hall–Kier alpha value is -2.54. The van der Waals surface area contributed by atoms with E-state index >= 15 is 0 Å². The molecule has 7 heteroatoms. The highest BCUT2D eigenvalue weighted by Crippen LogP contribution is 2.36. The lowest BCUT2D eigenvalue weighted by molar-refractivity contribution is -0.128. The number of nitrogens with one attached hydrogen (secondary N) is 1. The van der Waals surface area contributed by atoms with Crippen LogP contribution in [0.15, 0.2) is 59.5 Å². The average molecular weight is 388 g/mol. The van der Waals surface area contributed by atoms with Crippen LogP contribution in [0.4, 0.5) is 5.69 Å². The molecular formula is C20H24N2O4S. The molecule has 1 aliphatic heterocycles. The molecule has 0 aromatic heterocycles. The van der Waals surface area contributed by atoms with Gasteiger partial charge in [0, 0.05) is 6.04 Å². The van der Waals surface area contributed by atoms with Gasteiger partial charge in [-0.3, -0.25) is 9.10 Å². The van der Waals surface area contributed by atoms with E-state index in [4.69, 9.17) is 4.74 Å². The van der Waals surface area contributed by atoms with Crippen molar-refractivity contribution in [3.05, 3.63) is 54.6 Å². The largest absolute Gasteiger partial charge is 0.476 e. The first-order valence-corrected chi connectivity index (χ1v) is 10.4. The van der Waals surface area contributed by atoms with Crippen LogP contribution in [0.1, 0.15) is 20.8 Å². The van der Waals surface area contributed by atoms with Gasteiger partial charge in [-0.2, -0.15) is 0 Å². The quantitative estimate of drug-likeness (QED) is 0.855. The van der Waals surface area contributed by atoms with Gasteiger partial charge >= 0.3 is 0 Å². The number of para-hydroxylation sites is 2. The van der Waals surface area contributed by atoms with Crippen LogP contribution < -0.4 is 14.4 Å². The zero-order valence-electron chi connectivity index (χ0n) is 15.6. The Morgan fingerprint density at radius 1 is 1.07 bits per heavy atom. The number of anilines is 1. The minimum absolute atomic E-state index is 0.0440. The molecule has 2 aromatic carbocycles. The maximum absolute atomic E-state index is 13.2.